The third-order valence-corrected chi connectivity index (χ3v) is 0.694. The number of halogens is 1. The van der Waals surface area contributed by atoms with Crippen LogP contribution in [-0.4, -0.2) is 11.4 Å². The Morgan fingerprint density at radius 1 is 1.50 bits per heavy atom. The van der Waals surface area contributed by atoms with Crippen molar-refractivity contribution >= 4 is 18.2 Å². The number of nitrogens with one attached hydrogen (secondary N) is 1. The fourth-order valence-electron chi connectivity index (χ4n) is 0. The second-order valence-electron chi connectivity index (χ2n) is 2.14. The molecule has 0 aromatic rings. The molecule has 0 saturated carbocycles. The van der Waals surface area contributed by atoms with E-state index in [1.807, 2.05) is 0 Å². The van der Waals surface area contributed by atoms with E-state index in [4.69, 9.17) is 16.9 Å². The lowest BCUT2D eigenvalue weighted by Gasteiger charge is -2.14. The van der Waals surface area contributed by atoms with E-state index < -0.39 is 5.54 Å². The monoisotopic (exact) mass is 137 g/mol. The molecule has 0 aromatic carbocycles. The lowest BCUT2D eigenvalue weighted by atomic mass is 10.1. The molecule has 0 saturated heterocycles. The average Bonchev–Trinajstić information content (AvgIpc) is 1.31. The fraction of sp³-hybridized carbons (Fsp3) is 0.750. The quantitative estimate of drug-likeness (QED) is 0.354. The zero-order valence-electron chi connectivity index (χ0n) is 5.06. The van der Waals surface area contributed by atoms with Crippen LogP contribution in [-0.2, 0) is 0 Å². The highest BCUT2D eigenvalue weighted by atomic mass is 35.5. The van der Waals surface area contributed by atoms with E-state index in [0.29, 0.717) is 0 Å². The van der Waals surface area contributed by atoms with Crippen molar-refractivity contribution in [1.29, 1.82) is 5.41 Å². The lowest BCUT2D eigenvalue weighted by molar-refractivity contribution is 0.687. The van der Waals surface area contributed by atoms with Gasteiger partial charge in [0.25, 0.3) is 0 Å². The van der Waals surface area contributed by atoms with Crippen LogP contribution in [0.1, 0.15) is 13.8 Å². The molecule has 50 valence electrons. The maximum atomic E-state index is 6.80. The van der Waals surface area contributed by atoms with E-state index in [1.165, 1.54) is 0 Å². The topological polar surface area (TPSA) is 75.9 Å². The van der Waals surface area contributed by atoms with E-state index >= 15 is 0 Å². The van der Waals surface area contributed by atoms with Crippen molar-refractivity contribution in [3.63, 3.8) is 0 Å². The molecule has 0 aliphatic rings. The van der Waals surface area contributed by atoms with Crippen molar-refractivity contribution in [2.75, 3.05) is 0 Å². The van der Waals surface area contributed by atoms with Gasteiger partial charge in [0.1, 0.15) is 5.84 Å². The first-order valence-corrected chi connectivity index (χ1v) is 2.08. The van der Waals surface area contributed by atoms with Gasteiger partial charge in [0.15, 0.2) is 0 Å². The van der Waals surface area contributed by atoms with Crippen LogP contribution in [0, 0.1) is 5.41 Å². The molecule has 0 bridgehead atoms. The predicted molar refractivity (Wildman–Crippen MR) is 37.4 cm³/mol. The van der Waals surface area contributed by atoms with E-state index in [9.17, 15) is 0 Å². The Balaban J connectivity index is 0. The normalized spacial score (nSPS) is 9.88. The van der Waals surface area contributed by atoms with Crippen molar-refractivity contribution in [2.45, 2.75) is 19.4 Å². The summed E-state index contributed by atoms with van der Waals surface area (Å²) >= 11 is 0. The summed E-state index contributed by atoms with van der Waals surface area (Å²) in [6.07, 6.45) is 0. The molecule has 0 aliphatic carbocycles. The molecular formula is C4H12ClN3. The summed E-state index contributed by atoms with van der Waals surface area (Å²) in [5.74, 6) is 0.0208. The minimum atomic E-state index is -0.639. The molecule has 4 heteroatoms. The number of amidine groups is 1. The van der Waals surface area contributed by atoms with Gasteiger partial charge in [-0.2, -0.15) is 0 Å². The summed E-state index contributed by atoms with van der Waals surface area (Å²) in [5.41, 5.74) is 9.72. The van der Waals surface area contributed by atoms with Crippen LogP contribution < -0.4 is 11.5 Å². The molecule has 0 atom stereocenters. The second-order valence-corrected chi connectivity index (χ2v) is 2.14. The maximum absolute atomic E-state index is 6.80. The SMILES string of the molecule is CC(C)(N)C(=N)N.Cl. The molecule has 0 rings (SSSR count). The third-order valence-electron chi connectivity index (χ3n) is 0.694. The van der Waals surface area contributed by atoms with Crippen molar-refractivity contribution in [3.05, 3.63) is 0 Å². The van der Waals surface area contributed by atoms with Gasteiger partial charge in [0, 0.05) is 0 Å². The van der Waals surface area contributed by atoms with E-state index in [0.717, 1.165) is 0 Å². The summed E-state index contributed by atoms with van der Waals surface area (Å²) < 4.78 is 0. The highest BCUT2D eigenvalue weighted by Crippen LogP contribution is 1.91. The van der Waals surface area contributed by atoms with Crippen LogP contribution in [0.25, 0.3) is 0 Å². The second kappa shape index (κ2) is 2.89. The highest BCUT2D eigenvalue weighted by Gasteiger charge is 2.12. The van der Waals surface area contributed by atoms with Crippen LogP contribution in [0.3, 0.4) is 0 Å². The van der Waals surface area contributed by atoms with Gasteiger partial charge < -0.3 is 11.5 Å². The molecule has 5 N–H and O–H groups in total. The Morgan fingerprint density at radius 2 is 1.62 bits per heavy atom. The maximum Gasteiger partial charge on any atom is 0.110 e. The molecule has 0 fully saturated rings. The van der Waals surface area contributed by atoms with Gasteiger partial charge >= 0.3 is 0 Å². The molecule has 0 heterocycles. The summed E-state index contributed by atoms with van der Waals surface area (Å²) in [4.78, 5) is 0. The van der Waals surface area contributed by atoms with Gasteiger partial charge in [-0.15, -0.1) is 12.4 Å². The molecule has 0 amide bonds. The summed E-state index contributed by atoms with van der Waals surface area (Å²) in [5, 5.41) is 6.80. The third kappa shape index (κ3) is 3.89. The van der Waals surface area contributed by atoms with E-state index in [1.54, 1.807) is 13.8 Å². The molecule has 0 unspecified atom stereocenters. The van der Waals surface area contributed by atoms with Crippen LogP contribution in [0.2, 0.25) is 0 Å². The highest BCUT2D eigenvalue weighted by molar-refractivity contribution is 5.86. The summed E-state index contributed by atoms with van der Waals surface area (Å²) in [7, 11) is 0. The number of hydrogen-bond donors (Lipinski definition) is 3. The number of nitrogens with two attached hydrogens (primary N) is 2. The Kier molecular flexibility index (Phi) is 3.85. The first-order valence-electron chi connectivity index (χ1n) is 2.08. The molecular weight excluding hydrogens is 126 g/mol. The minimum Gasteiger partial charge on any atom is -0.386 e. The molecule has 0 spiro atoms. The Hall–Kier alpha value is -0.280. The van der Waals surface area contributed by atoms with Gasteiger partial charge in [-0.1, -0.05) is 0 Å². The van der Waals surface area contributed by atoms with Gasteiger partial charge in [-0.05, 0) is 13.8 Å². The van der Waals surface area contributed by atoms with E-state index in [-0.39, 0.29) is 18.2 Å². The Bertz CT molecular complexity index is 83.8. The average molecular weight is 138 g/mol. The number of hydrogen-bond acceptors (Lipinski definition) is 2. The molecule has 3 nitrogen and oxygen atoms in total. The number of rotatable bonds is 1. The molecule has 8 heavy (non-hydrogen) atoms. The van der Waals surface area contributed by atoms with Crippen LogP contribution in [0.5, 0.6) is 0 Å². The van der Waals surface area contributed by atoms with Gasteiger partial charge in [-0.25, -0.2) is 0 Å². The van der Waals surface area contributed by atoms with Crippen LogP contribution in [0.4, 0.5) is 0 Å². The summed E-state index contributed by atoms with van der Waals surface area (Å²) in [6, 6.07) is 0. The predicted octanol–water partition coefficient (Wildman–Crippen LogP) is 0.0815. The largest absolute Gasteiger partial charge is 0.386 e. The van der Waals surface area contributed by atoms with Crippen molar-refractivity contribution in [1.82, 2.24) is 0 Å². The van der Waals surface area contributed by atoms with Gasteiger partial charge in [-0.3, -0.25) is 5.41 Å². The van der Waals surface area contributed by atoms with Gasteiger partial charge in [0.2, 0.25) is 0 Å². The Labute approximate surface area is 55.4 Å². The van der Waals surface area contributed by atoms with Crippen LogP contribution in [0.15, 0.2) is 0 Å². The first kappa shape index (κ1) is 10.7. The van der Waals surface area contributed by atoms with Gasteiger partial charge in [0.05, 0.1) is 5.54 Å². The van der Waals surface area contributed by atoms with Crippen molar-refractivity contribution in [3.8, 4) is 0 Å². The summed E-state index contributed by atoms with van der Waals surface area (Å²) in [6.45, 7) is 3.38. The zero-order valence-corrected chi connectivity index (χ0v) is 5.88. The van der Waals surface area contributed by atoms with Crippen LogP contribution >= 0.6 is 12.4 Å². The minimum absolute atomic E-state index is 0. The van der Waals surface area contributed by atoms with Crippen molar-refractivity contribution < 1.29 is 0 Å². The van der Waals surface area contributed by atoms with Crippen molar-refractivity contribution in [2.24, 2.45) is 11.5 Å². The standard InChI is InChI=1S/C4H11N3.ClH/c1-4(2,7)3(5)6;/h7H2,1-2H3,(H3,5,6);1H. The molecule has 0 aromatic heterocycles. The smallest absolute Gasteiger partial charge is 0.110 e. The molecule has 0 radical (unpaired) electrons. The first-order chi connectivity index (χ1) is 2.94. The lowest BCUT2D eigenvalue weighted by Crippen LogP contribution is -2.45. The fourth-order valence-corrected chi connectivity index (χ4v) is 0. The Morgan fingerprint density at radius 3 is 1.62 bits per heavy atom. The van der Waals surface area contributed by atoms with E-state index in [2.05, 4.69) is 0 Å². The molecule has 0 aliphatic heterocycles. The zero-order chi connectivity index (χ0) is 6.08.